The Kier molecular flexibility index (Phi) is 3.78. The van der Waals surface area contributed by atoms with Crippen LogP contribution >= 0.6 is 0 Å². The van der Waals surface area contributed by atoms with Gasteiger partial charge in [-0.25, -0.2) is 0 Å². The highest BCUT2D eigenvalue weighted by Gasteiger charge is 2.52. The first kappa shape index (κ1) is 15.3. The van der Waals surface area contributed by atoms with Gasteiger partial charge in [0.1, 0.15) is 5.75 Å². The Morgan fingerprint density at radius 2 is 2.09 bits per heavy atom. The summed E-state index contributed by atoms with van der Waals surface area (Å²) in [5, 5.41) is 9.79. The van der Waals surface area contributed by atoms with Crippen LogP contribution in [0.25, 0.3) is 0 Å². The molecule has 1 aromatic rings. The summed E-state index contributed by atoms with van der Waals surface area (Å²) < 4.78 is 0. The first-order valence-corrected chi connectivity index (χ1v) is 9.65. The fraction of sp³-hybridized carbons (Fsp3) is 0.636. The Balaban J connectivity index is 1.65. The van der Waals surface area contributed by atoms with Gasteiger partial charge in [-0.05, 0) is 91.4 Å². The number of aryl methyl sites for hydroxylation is 1. The maximum atomic E-state index is 9.79. The lowest BCUT2D eigenvalue weighted by atomic mass is 9.55. The van der Waals surface area contributed by atoms with Crippen LogP contribution in [-0.2, 0) is 6.42 Å². The van der Waals surface area contributed by atoms with Crippen molar-refractivity contribution in [1.29, 1.82) is 0 Å². The Morgan fingerprint density at radius 1 is 1.22 bits per heavy atom. The third-order valence-corrected chi connectivity index (χ3v) is 7.24. The van der Waals surface area contributed by atoms with E-state index in [0.29, 0.717) is 11.2 Å². The summed E-state index contributed by atoms with van der Waals surface area (Å²) in [6.45, 7) is 4.85. The van der Waals surface area contributed by atoms with E-state index in [0.717, 1.165) is 24.2 Å². The van der Waals surface area contributed by atoms with Crippen LogP contribution in [0.4, 0.5) is 0 Å². The Bertz CT molecular complexity index is 629. The number of unbranched alkanes of at least 4 members (excludes halogenated alkanes) is 1. The fourth-order valence-corrected chi connectivity index (χ4v) is 6.07. The summed E-state index contributed by atoms with van der Waals surface area (Å²) in [4.78, 5) is 0. The predicted octanol–water partition coefficient (Wildman–Crippen LogP) is 5.97. The molecule has 4 unspecified atom stereocenters. The van der Waals surface area contributed by atoms with Crippen LogP contribution < -0.4 is 0 Å². The molecule has 0 aromatic heterocycles. The number of hydrogen-bond acceptors (Lipinski definition) is 1. The number of hydrogen-bond donors (Lipinski definition) is 1. The van der Waals surface area contributed by atoms with Gasteiger partial charge >= 0.3 is 0 Å². The number of rotatable bonds is 2. The lowest BCUT2D eigenvalue weighted by Crippen LogP contribution is -2.40. The zero-order valence-electron chi connectivity index (χ0n) is 14.6. The highest BCUT2D eigenvalue weighted by atomic mass is 16.3. The van der Waals surface area contributed by atoms with E-state index < -0.39 is 0 Å². The van der Waals surface area contributed by atoms with Gasteiger partial charge in [-0.15, -0.1) is 0 Å². The van der Waals surface area contributed by atoms with Crippen LogP contribution in [0, 0.1) is 17.3 Å². The minimum Gasteiger partial charge on any atom is -0.508 e. The molecule has 0 radical (unpaired) electrons. The molecule has 4 atom stereocenters. The summed E-state index contributed by atoms with van der Waals surface area (Å²) in [5.41, 5.74) is 5.21. The second-order valence-electron chi connectivity index (χ2n) is 8.31. The Labute approximate surface area is 140 Å². The molecule has 4 rings (SSSR count). The average molecular weight is 310 g/mol. The molecule has 3 aliphatic rings. The van der Waals surface area contributed by atoms with Crippen molar-refractivity contribution in [3.8, 4) is 5.75 Å². The number of fused-ring (bicyclic) bond motifs is 5. The van der Waals surface area contributed by atoms with Crippen molar-refractivity contribution in [2.45, 2.75) is 71.1 Å². The molecule has 23 heavy (non-hydrogen) atoms. The molecule has 3 aliphatic carbocycles. The van der Waals surface area contributed by atoms with E-state index in [2.05, 4.69) is 26.0 Å². The van der Waals surface area contributed by atoms with E-state index in [9.17, 15) is 5.11 Å². The van der Waals surface area contributed by atoms with Gasteiger partial charge in [0, 0.05) is 0 Å². The first-order valence-electron chi connectivity index (χ1n) is 9.65. The van der Waals surface area contributed by atoms with E-state index in [1.165, 1.54) is 50.5 Å². The summed E-state index contributed by atoms with van der Waals surface area (Å²) in [6.07, 6.45) is 13.0. The standard InChI is InChI=1S/C22H30O/c1-3-4-5-16-7-11-21-20-9-6-15-14-17(23)8-10-18(15)19(20)12-13-22(16,21)2/h5,8,10,14,19-21,23H,3-4,6-7,9,11-13H2,1-2H3/b16-5-. The second-order valence-corrected chi connectivity index (χ2v) is 8.31. The van der Waals surface area contributed by atoms with Crippen molar-refractivity contribution >= 4 is 0 Å². The quantitative estimate of drug-likeness (QED) is 0.667. The predicted molar refractivity (Wildman–Crippen MR) is 95.7 cm³/mol. The van der Waals surface area contributed by atoms with Crippen molar-refractivity contribution in [1.82, 2.24) is 0 Å². The molecule has 0 spiro atoms. The molecule has 0 bridgehead atoms. The van der Waals surface area contributed by atoms with Crippen LogP contribution in [0.1, 0.15) is 75.8 Å². The largest absolute Gasteiger partial charge is 0.508 e. The molecule has 0 aliphatic heterocycles. The van der Waals surface area contributed by atoms with Gasteiger partial charge in [-0.3, -0.25) is 0 Å². The highest BCUT2D eigenvalue weighted by molar-refractivity contribution is 5.40. The van der Waals surface area contributed by atoms with Gasteiger partial charge in [0.05, 0.1) is 0 Å². The smallest absolute Gasteiger partial charge is 0.115 e. The molecule has 1 aromatic carbocycles. The Hall–Kier alpha value is -1.24. The van der Waals surface area contributed by atoms with Crippen LogP contribution in [-0.4, -0.2) is 5.11 Å². The maximum absolute atomic E-state index is 9.79. The minimum atomic E-state index is 0.438. The number of phenols is 1. The summed E-state index contributed by atoms with van der Waals surface area (Å²) in [5.74, 6) is 2.92. The van der Waals surface area contributed by atoms with E-state index in [1.54, 1.807) is 11.1 Å². The summed E-state index contributed by atoms with van der Waals surface area (Å²) >= 11 is 0. The molecule has 1 nitrogen and oxygen atoms in total. The van der Waals surface area contributed by atoms with E-state index in [-0.39, 0.29) is 0 Å². The highest BCUT2D eigenvalue weighted by Crippen LogP contribution is 2.62. The van der Waals surface area contributed by atoms with E-state index >= 15 is 0 Å². The number of benzene rings is 1. The molecule has 0 saturated heterocycles. The maximum Gasteiger partial charge on any atom is 0.115 e. The molecule has 124 valence electrons. The molecule has 0 amide bonds. The first-order chi connectivity index (χ1) is 11.1. The second kappa shape index (κ2) is 5.69. The molecular formula is C22H30O. The lowest BCUT2D eigenvalue weighted by molar-refractivity contribution is 0.0812. The van der Waals surface area contributed by atoms with Crippen LogP contribution in [0.15, 0.2) is 29.8 Å². The number of allylic oxidation sites excluding steroid dienone is 2. The number of phenolic OH excluding ortho intramolecular Hbond substituents is 1. The zero-order valence-corrected chi connectivity index (χ0v) is 14.6. The van der Waals surface area contributed by atoms with Crippen molar-refractivity contribution in [3.63, 3.8) is 0 Å². The van der Waals surface area contributed by atoms with E-state index in [4.69, 9.17) is 0 Å². The van der Waals surface area contributed by atoms with E-state index in [1.807, 2.05) is 12.1 Å². The van der Waals surface area contributed by atoms with Gasteiger partial charge in [0.2, 0.25) is 0 Å². The monoisotopic (exact) mass is 310 g/mol. The third-order valence-electron chi connectivity index (χ3n) is 7.24. The zero-order chi connectivity index (χ0) is 16.0. The molecule has 2 saturated carbocycles. The van der Waals surface area contributed by atoms with Gasteiger partial charge in [-0.1, -0.05) is 38.0 Å². The van der Waals surface area contributed by atoms with Gasteiger partial charge in [-0.2, -0.15) is 0 Å². The normalized spacial score (nSPS) is 37.3. The topological polar surface area (TPSA) is 20.2 Å². The third kappa shape index (κ3) is 2.35. The molecule has 1 N–H and O–H groups in total. The average Bonchev–Trinajstić information content (AvgIpc) is 2.89. The summed E-state index contributed by atoms with van der Waals surface area (Å²) in [6, 6.07) is 6.13. The van der Waals surface area contributed by atoms with Crippen molar-refractivity contribution in [2.24, 2.45) is 17.3 Å². The molecule has 1 heteroatoms. The molecule has 2 fully saturated rings. The van der Waals surface area contributed by atoms with Gasteiger partial charge < -0.3 is 5.11 Å². The van der Waals surface area contributed by atoms with Crippen LogP contribution in [0.5, 0.6) is 5.75 Å². The van der Waals surface area contributed by atoms with Crippen molar-refractivity contribution < 1.29 is 5.11 Å². The van der Waals surface area contributed by atoms with Crippen LogP contribution in [0.3, 0.4) is 0 Å². The SMILES string of the molecule is CCC/C=C1/CCC2C3CCc4cc(O)ccc4C3CCC12C. The summed E-state index contributed by atoms with van der Waals surface area (Å²) in [7, 11) is 0. The minimum absolute atomic E-state index is 0.438. The van der Waals surface area contributed by atoms with Crippen molar-refractivity contribution in [3.05, 3.63) is 41.0 Å². The fourth-order valence-electron chi connectivity index (χ4n) is 6.07. The van der Waals surface area contributed by atoms with Crippen molar-refractivity contribution in [2.75, 3.05) is 0 Å². The van der Waals surface area contributed by atoms with Crippen LogP contribution in [0.2, 0.25) is 0 Å². The molecular weight excluding hydrogens is 280 g/mol. The van der Waals surface area contributed by atoms with Gasteiger partial charge in [0.15, 0.2) is 0 Å². The lowest BCUT2D eigenvalue weighted by Gasteiger charge is -2.49. The van der Waals surface area contributed by atoms with Gasteiger partial charge in [0.25, 0.3) is 0 Å². The number of aromatic hydroxyl groups is 1. The Morgan fingerprint density at radius 3 is 2.91 bits per heavy atom. The molecule has 0 heterocycles.